The van der Waals surface area contributed by atoms with Gasteiger partial charge in [-0.15, -0.1) is 0 Å². The SMILES string of the molecule is CC(C)CCCC(C)NC(=O)c1c(N)n(-c2cccc(Cl)c2)c2nc3ccccc3nc12. The molecule has 4 rings (SSSR count). The van der Waals surface area contributed by atoms with Gasteiger partial charge < -0.3 is 11.1 Å². The van der Waals surface area contributed by atoms with E-state index >= 15 is 0 Å². The van der Waals surface area contributed by atoms with E-state index in [1.807, 2.05) is 43.3 Å². The van der Waals surface area contributed by atoms with E-state index in [4.69, 9.17) is 27.3 Å². The highest BCUT2D eigenvalue weighted by Gasteiger charge is 2.25. The van der Waals surface area contributed by atoms with Crippen LogP contribution in [0.25, 0.3) is 27.9 Å². The van der Waals surface area contributed by atoms with Crippen molar-refractivity contribution in [3.05, 3.63) is 59.1 Å². The fraction of sp³-hybridized carbons (Fsp3) is 0.320. The molecular weight excluding hydrogens is 422 g/mol. The summed E-state index contributed by atoms with van der Waals surface area (Å²) in [5, 5.41) is 3.67. The van der Waals surface area contributed by atoms with Crippen molar-refractivity contribution in [2.75, 3.05) is 5.73 Å². The highest BCUT2D eigenvalue weighted by molar-refractivity contribution is 6.30. The Hall–Kier alpha value is -3.12. The van der Waals surface area contributed by atoms with Gasteiger partial charge in [0.1, 0.15) is 16.9 Å². The lowest BCUT2D eigenvalue weighted by Gasteiger charge is -2.14. The molecule has 0 aliphatic carbocycles. The Morgan fingerprint density at radius 1 is 1.06 bits per heavy atom. The molecule has 1 unspecified atom stereocenters. The van der Waals surface area contributed by atoms with Gasteiger partial charge in [-0.1, -0.05) is 56.5 Å². The molecule has 0 spiro atoms. The maximum Gasteiger partial charge on any atom is 0.257 e. The number of nitrogen functional groups attached to an aromatic ring is 1. The number of nitrogens with zero attached hydrogens (tertiary/aromatic N) is 3. The number of halogens is 1. The van der Waals surface area contributed by atoms with Crippen LogP contribution in [-0.4, -0.2) is 26.5 Å². The van der Waals surface area contributed by atoms with Crippen LogP contribution in [0.3, 0.4) is 0 Å². The fourth-order valence-corrected chi connectivity index (χ4v) is 4.15. The van der Waals surface area contributed by atoms with Crippen LogP contribution in [0, 0.1) is 5.92 Å². The lowest BCUT2D eigenvalue weighted by Crippen LogP contribution is -2.33. The lowest BCUT2D eigenvalue weighted by molar-refractivity contribution is 0.0940. The summed E-state index contributed by atoms with van der Waals surface area (Å²) in [4.78, 5) is 22.9. The first-order valence-corrected chi connectivity index (χ1v) is 11.4. The van der Waals surface area contributed by atoms with E-state index in [2.05, 4.69) is 19.2 Å². The minimum absolute atomic E-state index is 0.0265. The normalized spacial score (nSPS) is 12.5. The smallest absolute Gasteiger partial charge is 0.257 e. The van der Waals surface area contributed by atoms with Gasteiger partial charge in [-0.25, -0.2) is 9.97 Å². The molecule has 0 aliphatic heterocycles. The third kappa shape index (κ3) is 4.41. The van der Waals surface area contributed by atoms with Gasteiger partial charge in [0.2, 0.25) is 0 Å². The molecule has 0 aliphatic rings. The third-order valence-electron chi connectivity index (χ3n) is 5.59. The molecule has 0 saturated carbocycles. The summed E-state index contributed by atoms with van der Waals surface area (Å²) in [5.74, 6) is 0.701. The summed E-state index contributed by atoms with van der Waals surface area (Å²) in [6, 6.07) is 14.9. The minimum atomic E-state index is -0.241. The van der Waals surface area contributed by atoms with Crippen LogP contribution in [0.5, 0.6) is 0 Å². The zero-order valence-electron chi connectivity index (χ0n) is 18.6. The number of rotatable bonds is 7. The molecule has 32 heavy (non-hydrogen) atoms. The van der Waals surface area contributed by atoms with Crippen molar-refractivity contribution in [1.29, 1.82) is 0 Å². The van der Waals surface area contributed by atoms with Gasteiger partial charge in [0.05, 0.1) is 16.7 Å². The van der Waals surface area contributed by atoms with E-state index in [1.165, 1.54) is 0 Å². The van der Waals surface area contributed by atoms with Gasteiger partial charge in [-0.3, -0.25) is 9.36 Å². The maximum atomic E-state index is 13.3. The van der Waals surface area contributed by atoms with Crippen LogP contribution in [0.4, 0.5) is 5.82 Å². The molecule has 0 radical (unpaired) electrons. The number of anilines is 1. The Labute approximate surface area is 192 Å². The van der Waals surface area contributed by atoms with Crippen LogP contribution in [-0.2, 0) is 0 Å². The topological polar surface area (TPSA) is 85.8 Å². The zero-order chi connectivity index (χ0) is 22.8. The molecular formula is C25H28ClN5O. The largest absolute Gasteiger partial charge is 0.384 e. The molecule has 2 aromatic carbocycles. The van der Waals surface area contributed by atoms with E-state index in [0.29, 0.717) is 39.0 Å². The first kappa shape index (κ1) is 22.1. The van der Waals surface area contributed by atoms with Crippen molar-refractivity contribution in [2.24, 2.45) is 5.92 Å². The van der Waals surface area contributed by atoms with Crippen LogP contribution < -0.4 is 11.1 Å². The molecule has 0 bridgehead atoms. The van der Waals surface area contributed by atoms with E-state index in [-0.39, 0.29) is 11.9 Å². The van der Waals surface area contributed by atoms with Gasteiger partial charge in [0.15, 0.2) is 5.65 Å². The molecule has 3 N–H and O–H groups in total. The monoisotopic (exact) mass is 449 g/mol. The summed E-state index contributed by atoms with van der Waals surface area (Å²) >= 11 is 6.23. The van der Waals surface area contributed by atoms with Crippen molar-refractivity contribution in [2.45, 2.75) is 46.1 Å². The number of hydrogen-bond acceptors (Lipinski definition) is 4. The lowest BCUT2D eigenvalue weighted by atomic mass is 10.0. The number of carbonyl (C=O) groups excluding carboxylic acids is 1. The number of aromatic nitrogens is 3. The standard InChI is InChI=1S/C25H28ClN5O/c1-15(2)8-6-9-16(3)28-25(32)21-22-24(30-20-13-5-4-12-19(20)29-22)31(23(21)27)18-11-7-10-17(26)14-18/h4-5,7,10-16H,6,8-9,27H2,1-3H3,(H,28,32). The second kappa shape index (κ2) is 9.17. The molecule has 1 atom stereocenters. The van der Waals surface area contributed by atoms with Gasteiger partial charge >= 0.3 is 0 Å². The van der Waals surface area contributed by atoms with Crippen molar-refractivity contribution < 1.29 is 4.79 Å². The van der Waals surface area contributed by atoms with Gasteiger partial charge in [-0.05, 0) is 49.6 Å². The average molecular weight is 450 g/mol. The van der Waals surface area contributed by atoms with E-state index in [9.17, 15) is 4.79 Å². The molecule has 7 heteroatoms. The summed E-state index contributed by atoms with van der Waals surface area (Å²) < 4.78 is 1.75. The number of fused-ring (bicyclic) bond motifs is 2. The second-order valence-electron chi connectivity index (χ2n) is 8.66. The Balaban J connectivity index is 1.80. The number of nitrogens with one attached hydrogen (secondary N) is 1. The van der Waals surface area contributed by atoms with E-state index in [1.54, 1.807) is 16.7 Å². The average Bonchev–Trinajstić information content (AvgIpc) is 3.02. The van der Waals surface area contributed by atoms with Crippen molar-refractivity contribution in [1.82, 2.24) is 19.9 Å². The van der Waals surface area contributed by atoms with Crippen LogP contribution in [0.2, 0.25) is 5.02 Å². The quantitative estimate of drug-likeness (QED) is 0.376. The molecule has 0 saturated heterocycles. The first-order valence-electron chi connectivity index (χ1n) is 11.0. The van der Waals surface area contributed by atoms with Crippen molar-refractivity contribution in [3.8, 4) is 5.69 Å². The first-order chi connectivity index (χ1) is 15.3. The molecule has 2 aromatic heterocycles. The zero-order valence-corrected chi connectivity index (χ0v) is 19.4. The molecule has 0 fully saturated rings. The summed E-state index contributed by atoms with van der Waals surface area (Å²) in [7, 11) is 0. The Bertz CT molecular complexity index is 1280. The van der Waals surface area contributed by atoms with Crippen LogP contribution in [0.15, 0.2) is 48.5 Å². The number of nitrogens with two attached hydrogens (primary N) is 1. The highest BCUT2D eigenvalue weighted by Crippen LogP contribution is 2.31. The van der Waals surface area contributed by atoms with Crippen LogP contribution in [0.1, 0.15) is 50.4 Å². The number of amides is 1. The van der Waals surface area contributed by atoms with Crippen molar-refractivity contribution in [3.63, 3.8) is 0 Å². The fourth-order valence-electron chi connectivity index (χ4n) is 3.96. The summed E-state index contributed by atoms with van der Waals surface area (Å²) in [6.07, 6.45) is 3.10. The molecule has 4 aromatic rings. The predicted molar refractivity (Wildman–Crippen MR) is 131 cm³/mol. The van der Waals surface area contributed by atoms with Gasteiger partial charge in [-0.2, -0.15) is 0 Å². The molecule has 6 nitrogen and oxygen atoms in total. The Morgan fingerprint density at radius 3 is 2.47 bits per heavy atom. The number of hydrogen-bond donors (Lipinski definition) is 2. The number of benzene rings is 2. The van der Waals surface area contributed by atoms with Crippen molar-refractivity contribution >= 4 is 45.5 Å². The van der Waals surface area contributed by atoms with E-state index in [0.717, 1.165) is 30.5 Å². The van der Waals surface area contributed by atoms with Crippen LogP contribution >= 0.6 is 11.6 Å². The Morgan fingerprint density at radius 2 is 1.78 bits per heavy atom. The third-order valence-corrected chi connectivity index (χ3v) is 5.82. The summed E-state index contributed by atoms with van der Waals surface area (Å²) in [6.45, 7) is 6.43. The Kier molecular flexibility index (Phi) is 6.33. The predicted octanol–water partition coefficient (Wildman–Crippen LogP) is 5.75. The number of carbonyl (C=O) groups is 1. The van der Waals surface area contributed by atoms with E-state index < -0.39 is 0 Å². The van der Waals surface area contributed by atoms with Gasteiger partial charge in [0, 0.05) is 11.1 Å². The molecule has 1 amide bonds. The summed E-state index contributed by atoms with van der Waals surface area (Å²) in [5.41, 5.74) is 10.1. The second-order valence-corrected chi connectivity index (χ2v) is 9.10. The molecule has 2 heterocycles. The molecule has 166 valence electrons. The maximum absolute atomic E-state index is 13.3. The minimum Gasteiger partial charge on any atom is -0.384 e. The van der Waals surface area contributed by atoms with Gasteiger partial charge in [0.25, 0.3) is 5.91 Å². The highest BCUT2D eigenvalue weighted by atomic mass is 35.5. The number of para-hydroxylation sites is 2.